The maximum atomic E-state index is 10.8. The van der Waals surface area contributed by atoms with Gasteiger partial charge >= 0.3 is 5.97 Å². The molecule has 64 valence electrons. The third kappa shape index (κ3) is 2.97. The third-order valence-electron chi connectivity index (χ3n) is 1.15. The molecule has 4 heteroatoms. The summed E-state index contributed by atoms with van der Waals surface area (Å²) in [6.45, 7) is 3.03. The molecule has 0 aliphatic carbocycles. The van der Waals surface area contributed by atoms with E-state index in [1.54, 1.807) is 6.92 Å². The predicted octanol–water partition coefficient (Wildman–Crippen LogP) is 0.936. The zero-order valence-electron chi connectivity index (χ0n) is 6.96. The second-order valence-electron chi connectivity index (χ2n) is 2.06. The number of ether oxygens (including phenoxy) is 1. The van der Waals surface area contributed by atoms with Crippen molar-refractivity contribution >= 4 is 11.8 Å². The summed E-state index contributed by atoms with van der Waals surface area (Å²) in [6.07, 6.45) is 3.20. The summed E-state index contributed by atoms with van der Waals surface area (Å²) in [5, 5.41) is 8.00. The number of carbonyl (C=O) groups excluding carboxylic acids is 2. The Morgan fingerprint density at radius 3 is 2.50 bits per heavy atom. The van der Waals surface area contributed by atoms with Gasteiger partial charge in [-0.3, -0.25) is 4.79 Å². The molecule has 4 nitrogen and oxygen atoms in total. The number of hydrogen-bond acceptors (Lipinski definition) is 4. The minimum absolute atomic E-state index is 0.0703. The lowest BCUT2D eigenvalue weighted by Crippen LogP contribution is -2.11. The van der Waals surface area contributed by atoms with E-state index in [9.17, 15) is 9.59 Å². The van der Waals surface area contributed by atoms with Crippen LogP contribution in [0.2, 0.25) is 0 Å². The molecule has 0 atom stereocenters. The van der Waals surface area contributed by atoms with Gasteiger partial charge in [-0.2, -0.15) is 0 Å². The van der Waals surface area contributed by atoms with Crippen LogP contribution in [0.25, 0.3) is 0 Å². The number of nitriles is 1. The van der Waals surface area contributed by atoms with Crippen LogP contribution in [0, 0.1) is 11.5 Å². The minimum Gasteiger partial charge on any atom is -0.347 e. The maximum Gasteiger partial charge on any atom is 0.356 e. The first kappa shape index (κ1) is 10.4. The van der Waals surface area contributed by atoms with Gasteiger partial charge < -0.3 is 4.74 Å². The second-order valence-corrected chi connectivity index (χ2v) is 2.06. The van der Waals surface area contributed by atoms with Crippen molar-refractivity contribution in [2.24, 2.45) is 0 Å². The van der Waals surface area contributed by atoms with Crippen molar-refractivity contribution in [3.05, 3.63) is 11.6 Å². The Balaban J connectivity index is 4.55. The third-order valence-corrected chi connectivity index (χ3v) is 1.15. The van der Waals surface area contributed by atoms with Crippen LogP contribution in [0.15, 0.2) is 11.6 Å². The highest BCUT2D eigenvalue weighted by Crippen LogP contribution is 2.01. The van der Waals surface area contributed by atoms with Crippen LogP contribution < -0.4 is 0 Å². The molecule has 0 aromatic carbocycles. The summed E-state index contributed by atoms with van der Waals surface area (Å²) in [4.78, 5) is 21.6. The zero-order valence-corrected chi connectivity index (χ0v) is 6.96. The number of esters is 1. The monoisotopic (exact) mass is 167 g/mol. The Morgan fingerprint density at radius 2 is 2.17 bits per heavy atom. The van der Waals surface area contributed by atoms with E-state index in [2.05, 4.69) is 4.74 Å². The van der Waals surface area contributed by atoms with E-state index in [1.165, 1.54) is 19.3 Å². The molecular formula is C8H9NO3. The fourth-order valence-electron chi connectivity index (χ4n) is 0.671. The molecule has 0 bridgehead atoms. The van der Waals surface area contributed by atoms with Gasteiger partial charge in [0.15, 0.2) is 5.78 Å². The number of Topliss-reactive ketones (excluding diaryl/α,β-unsaturated/α-hetero) is 1. The average Bonchev–Trinajstić information content (AvgIpc) is 1.99. The fourth-order valence-corrected chi connectivity index (χ4v) is 0.671. The van der Waals surface area contributed by atoms with E-state index in [0.29, 0.717) is 6.42 Å². The molecule has 0 saturated carbocycles. The first-order chi connectivity index (χ1) is 5.63. The van der Waals surface area contributed by atoms with Crippen molar-refractivity contribution in [3.8, 4) is 6.26 Å². The SMILES string of the molecule is CCC=C(C(C)=O)C(=O)OC#N. The molecule has 12 heavy (non-hydrogen) atoms. The van der Waals surface area contributed by atoms with E-state index in [0.717, 1.165) is 0 Å². The van der Waals surface area contributed by atoms with E-state index in [4.69, 9.17) is 5.26 Å². The first-order valence-corrected chi connectivity index (χ1v) is 3.44. The van der Waals surface area contributed by atoms with Gasteiger partial charge in [-0.15, -0.1) is 5.26 Å². The molecule has 0 N–H and O–H groups in total. The highest BCUT2D eigenvalue weighted by Gasteiger charge is 2.14. The van der Waals surface area contributed by atoms with Gasteiger partial charge in [0.05, 0.1) is 5.57 Å². The van der Waals surface area contributed by atoms with Crippen molar-refractivity contribution < 1.29 is 14.3 Å². The van der Waals surface area contributed by atoms with Crippen LogP contribution in [0.4, 0.5) is 0 Å². The lowest BCUT2D eigenvalue weighted by Gasteiger charge is -1.96. The highest BCUT2D eigenvalue weighted by atomic mass is 16.5. The summed E-state index contributed by atoms with van der Waals surface area (Å²) in [7, 11) is 0. The number of hydrogen-bond donors (Lipinski definition) is 0. The van der Waals surface area contributed by atoms with Crippen molar-refractivity contribution in [1.29, 1.82) is 5.26 Å². The molecule has 0 aromatic rings. The van der Waals surface area contributed by atoms with E-state index >= 15 is 0 Å². The van der Waals surface area contributed by atoms with Crippen LogP contribution >= 0.6 is 0 Å². The van der Waals surface area contributed by atoms with Crippen molar-refractivity contribution in [1.82, 2.24) is 0 Å². The van der Waals surface area contributed by atoms with E-state index < -0.39 is 11.8 Å². The Hall–Kier alpha value is -1.63. The van der Waals surface area contributed by atoms with Crippen molar-refractivity contribution in [3.63, 3.8) is 0 Å². The van der Waals surface area contributed by atoms with Gasteiger partial charge in [-0.25, -0.2) is 4.79 Å². The van der Waals surface area contributed by atoms with E-state index in [1.807, 2.05) is 0 Å². The molecule has 0 aliphatic heterocycles. The minimum atomic E-state index is -0.883. The molecule has 0 saturated heterocycles. The lowest BCUT2D eigenvalue weighted by atomic mass is 10.1. The van der Waals surface area contributed by atoms with Gasteiger partial charge in [-0.05, 0) is 13.3 Å². The van der Waals surface area contributed by atoms with Gasteiger partial charge in [0.25, 0.3) is 6.26 Å². The van der Waals surface area contributed by atoms with Crippen LogP contribution in [0.3, 0.4) is 0 Å². The van der Waals surface area contributed by atoms with Crippen LogP contribution in [-0.2, 0) is 14.3 Å². The zero-order chi connectivity index (χ0) is 9.56. The standard InChI is InChI=1S/C8H9NO3/c1-3-4-7(6(2)10)8(11)12-5-9/h4H,3H2,1-2H3. The Kier molecular flexibility index (Phi) is 4.39. The molecule has 0 amide bonds. The molecule has 0 aliphatic rings. The Labute approximate surface area is 70.4 Å². The number of ketones is 1. The summed E-state index contributed by atoms with van der Waals surface area (Å²) < 4.78 is 4.00. The Bertz CT molecular complexity index is 260. The summed E-state index contributed by atoms with van der Waals surface area (Å²) in [6, 6.07) is 0. The molecule has 0 fully saturated rings. The van der Waals surface area contributed by atoms with Crippen LogP contribution in [0.5, 0.6) is 0 Å². The second kappa shape index (κ2) is 5.08. The summed E-state index contributed by atoms with van der Waals surface area (Å²) in [5.41, 5.74) is -0.0703. The fraction of sp³-hybridized carbons (Fsp3) is 0.375. The summed E-state index contributed by atoms with van der Waals surface area (Å²) in [5.74, 6) is -1.27. The predicted molar refractivity (Wildman–Crippen MR) is 40.8 cm³/mol. The van der Waals surface area contributed by atoms with Crippen LogP contribution in [-0.4, -0.2) is 11.8 Å². The molecule has 0 heterocycles. The number of carbonyl (C=O) groups is 2. The molecule has 0 rings (SSSR count). The lowest BCUT2D eigenvalue weighted by molar-refractivity contribution is -0.134. The topological polar surface area (TPSA) is 67.2 Å². The number of nitrogens with zero attached hydrogens (tertiary/aromatic N) is 1. The maximum absolute atomic E-state index is 10.8. The largest absolute Gasteiger partial charge is 0.356 e. The molecule has 0 aromatic heterocycles. The Morgan fingerprint density at radius 1 is 1.58 bits per heavy atom. The van der Waals surface area contributed by atoms with E-state index in [-0.39, 0.29) is 5.57 Å². The van der Waals surface area contributed by atoms with Gasteiger partial charge in [0.1, 0.15) is 0 Å². The molecule has 0 unspecified atom stereocenters. The van der Waals surface area contributed by atoms with Crippen molar-refractivity contribution in [2.45, 2.75) is 20.3 Å². The smallest absolute Gasteiger partial charge is 0.347 e. The highest BCUT2D eigenvalue weighted by molar-refractivity contribution is 6.16. The van der Waals surface area contributed by atoms with Crippen molar-refractivity contribution in [2.75, 3.05) is 0 Å². The quantitative estimate of drug-likeness (QED) is 0.206. The molecular weight excluding hydrogens is 158 g/mol. The number of allylic oxidation sites excluding steroid dienone is 1. The van der Waals surface area contributed by atoms with Crippen LogP contribution in [0.1, 0.15) is 20.3 Å². The summed E-state index contributed by atoms with van der Waals surface area (Å²) >= 11 is 0. The average molecular weight is 167 g/mol. The van der Waals surface area contributed by atoms with Gasteiger partial charge in [0, 0.05) is 0 Å². The normalized spacial score (nSPS) is 10.2. The number of rotatable bonds is 3. The van der Waals surface area contributed by atoms with Gasteiger partial charge in [0.2, 0.25) is 0 Å². The first-order valence-electron chi connectivity index (χ1n) is 3.44. The molecule has 0 radical (unpaired) electrons. The van der Waals surface area contributed by atoms with Gasteiger partial charge in [-0.1, -0.05) is 13.0 Å². The molecule has 0 spiro atoms.